The van der Waals surface area contributed by atoms with Crippen molar-refractivity contribution < 1.29 is 31.4 Å². The first-order chi connectivity index (χ1) is 10.1. The van der Waals surface area contributed by atoms with Crippen molar-refractivity contribution in [1.82, 2.24) is 0 Å². The molecule has 22 heavy (non-hydrogen) atoms. The molecule has 1 aromatic carbocycles. The smallest absolute Gasteiger partial charge is 0.455 e. The summed E-state index contributed by atoms with van der Waals surface area (Å²) in [5.41, 5.74) is 1.09. The molecule has 1 rings (SSSR count). The molecule has 0 spiro atoms. The molecule has 0 saturated carbocycles. The van der Waals surface area contributed by atoms with E-state index in [2.05, 4.69) is 11.7 Å². The van der Waals surface area contributed by atoms with Crippen molar-refractivity contribution in [3.8, 4) is 5.75 Å². The molecular formula is C15H19F5O2. The minimum atomic E-state index is -5.63. The van der Waals surface area contributed by atoms with Crippen molar-refractivity contribution in [2.75, 3.05) is 6.61 Å². The molecule has 126 valence electrons. The molecule has 7 heteroatoms. The molecule has 0 aromatic heterocycles. The largest absolute Gasteiger partial charge is 0.465 e. The highest BCUT2D eigenvalue weighted by atomic mass is 19.4. The third kappa shape index (κ3) is 5.12. The van der Waals surface area contributed by atoms with Crippen LogP contribution in [-0.4, -0.2) is 25.0 Å². The number of ether oxygens (including phenoxy) is 2. The third-order valence-corrected chi connectivity index (χ3v) is 3.28. The van der Waals surface area contributed by atoms with E-state index in [0.717, 1.165) is 12.0 Å². The number of benzene rings is 1. The van der Waals surface area contributed by atoms with Gasteiger partial charge in [-0.15, -0.1) is 0 Å². The fraction of sp³-hybridized carbons (Fsp3) is 0.600. The Morgan fingerprint density at radius 3 is 2.00 bits per heavy atom. The second-order valence-electron chi connectivity index (χ2n) is 5.08. The second-order valence-corrected chi connectivity index (χ2v) is 5.08. The maximum Gasteiger partial charge on any atom is 0.455 e. The molecule has 0 radical (unpaired) electrons. The quantitative estimate of drug-likeness (QED) is 0.510. The molecule has 1 aromatic rings. The summed E-state index contributed by atoms with van der Waals surface area (Å²) in [6.45, 7) is 3.59. The Labute approximate surface area is 126 Å². The second kappa shape index (κ2) is 7.26. The first-order valence-corrected chi connectivity index (χ1v) is 6.89. The summed E-state index contributed by atoms with van der Waals surface area (Å²) in [4.78, 5) is 0. The van der Waals surface area contributed by atoms with Crippen LogP contribution >= 0.6 is 0 Å². The van der Waals surface area contributed by atoms with E-state index < -0.39 is 25.0 Å². The van der Waals surface area contributed by atoms with Crippen LogP contribution in [-0.2, 0) is 4.74 Å². The van der Waals surface area contributed by atoms with Crippen LogP contribution in [0.4, 0.5) is 22.0 Å². The highest BCUT2D eigenvalue weighted by Gasteiger charge is 2.57. The Bertz CT molecular complexity index is 456. The highest BCUT2D eigenvalue weighted by molar-refractivity contribution is 5.29. The lowest BCUT2D eigenvalue weighted by molar-refractivity contribution is -0.305. The van der Waals surface area contributed by atoms with Gasteiger partial charge < -0.3 is 9.47 Å². The Hall–Kier alpha value is -1.37. The molecule has 0 amide bonds. The number of alkyl halides is 5. The molecular weight excluding hydrogens is 307 g/mol. The predicted molar refractivity (Wildman–Crippen MR) is 72.2 cm³/mol. The summed E-state index contributed by atoms with van der Waals surface area (Å²) in [5.74, 6) is -4.19. The van der Waals surface area contributed by atoms with Crippen molar-refractivity contribution in [1.29, 1.82) is 0 Å². The predicted octanol–water partition coefficient (Wildman–Crippen LogP) is 5.14. The number of hydrogen-bond donors (Lipinski definition) is 0. The van der Waals surface area contributed by atoms with Gasteiger partial charge in [0.1, 0.15) is 12.4 Å². The summed E-state index contributed by atoms with van der Waals surface area (Å²) in [7, 11) is 0. The number of rotatable bonds is 7. The third-order valence-electron chi connectivity index (χ3n) is 3.28. The molecule has 0 heterocycles. The number of halogens is 5. The van der Waals surface area contributed by atoms with E-state index in [-0.39, 0.29) is 0 Å². The van der Waals surface area contributed by atoms with Gasteiger partial charge in [0, 0.05) is 0 Å². The molecule has 0 aliphatic rings. The Morgan fingerprint density at radius 2 is 1.55 bits per heavy atom. The normalized spacial score (nSPS) is 15.5. The van der Waals surface area contributed by atoms with Crippen LogP contribution in [0, 0.1) is 0 Å². The Morgan fingerprint density at radius 1 is 1.00 bits per heavy atom. The fourth-order valence-electron chi connectivity index (χ4n) is 1.64. The summed E-state index contributed by atoms with van der Waals surface area (Å²) in [6.07, 6.45) is -5.89. The van der Waals surface area contributed by atoms with Crippen molar-refractivity contribution in [3.63, 3.8) is 0 Å². The van der Waals surface area contributed by atoms with Crippen LogP contribution in [0.25, 0.3) is 0 Å². The first kappa shape index (κ1) is 18.7. The molecule has 0 saturated heterocycles. The fourth-order valence-corrected chi connectivity index (χ4v) is 1.64. The number of hydrogen-bond acceptors (Lipinski definition) is 2. The molecule has 2 unspecified atom stereocenters. The Balaban J connectivity index is 2.54. The van der Waals surface area contributed by atoms with Gasteiger partial charge in [0.15, 0.2) is 6.29 Å². The van der Waals surface area contributed by atoms with E-state index >= 15 is 0 Å². The standard InChI is InChI=1S/C15H19F5O2/c1-4-10(2)12-5-7-13(8-6-12)22-11(3)21-9-14(16,17)15(18,19)20/h5-8,10-11H,4,9H2,1-3H3. The van der Waals surface area contributed by atoms with Gasteiger partial charge >= 0.3 is 12.1 Å². The van der Waals surface area contributed by atoms with E-state index in [0.29, 0.717) is 11.7 Å². The zero-order chi connectivity index (χ0) is 17.0. The SMILES string of the molecule is CCC(C)c1ccc(OC(C)OCC(F)(F)C(F)(F)F)cc1. The van der Waals surface area contributed by atoms with Crippen LogP contribution in [0.3, 0.4) is 0 Å². The van der Waals surface area contributed by atoms with E-state index in [1.54, 1.807) is 12.1 Å². The lowest BCUT2D eigenvalue weighted by Gasteiger charge is -2.22. The lowest BCUT2D eigenvalue weighted by atomic mass is 9.99. The minimum absolute atomic E-state index is 0.342. The summed E-state index contributed by atoms with van der Waals surface area (Å²) >= 11 is 0. The zero-order valence-corrected chi connectivity index (χ0v) is 12.6. The van der Waals surface area contributed by atoms with Crippen LogP contribution in [0.5, 0.6) is 5.75 Å². The average Bonchev–Trinajstić information content (AvgIpc) is 2.44. The maximum absolute atomic E-state index is 12.7. The van der Waals surface area contributed by atoms with Crippen molar-refractivity contribution in [2.45, 2.75) is 51.5 Å². The average molecular weight is 326 g/mol. The minimum Gasteiger partial charge on any atom is -0.465 e. The Kier molecular flexibility index (Phi) is 6.17. The van der Waals surface area contributed by atoms with Gasteiger partial charge in [-0.25, -0.2) is 0 Å². The van der Waals surface area contributed by atoms with Crippen molar-refractivity contribution >= 4 is 0 Å². The van der Waals surface area contributed by atoms with E-state index in [4.69, 9.17) is 4.74 Å². The van der Waals surface area contributed by atoms with E-state index in [1.165, 1.54) is 6.92 Å². The van der Waals surface area contributed by atoms with Gasteiger partial charge in [-0.3, -0.25) is 0 Å². The van der Waals surface area contributed by atoms with Gasteiger partial charge in [0.2, 0.25) is 0 Å². The highest BCUT2D eigenvalue weighted by Crippen LogP contribution is 2.35. The van der Waals surface area contributed by atoms with Crippen LogP contribution in [0.2, 0.25) is 0 Å². The molecule has 0 aliphatic carbocycles. The monoisotopic (exact) mass is 326 g/mol. The van der Waals surface area contributed by atoms with Gasteiger partial charge in [-0.05, 0) is 37.0 Å². The van der Waals surface area contributed by atoms with E-state index in [1.807, 2.05) is 19.1 Å². The topological polar surface area (TPSA) is 18.5 Å². The lowest BCUT2D eigenvalue weighted by Crippen LogP contribution is -2.42. The first-order valence-electron chi connectivity index (χ1n) is 6.89. The summed E-state index contributed by atoms with van der Waals surface area (Å²) in [6, 6.07) is 6.90. The maximum atomic E-state index is 12.7. The van der Waals surface area contributed by atoms with Gasteiger partial charge in [-0.2, -0.15) is 22.0 Å². The van der Waals surface area contributed by atoms with Crippen LogP contribution in [0.1, 0.15) is 38.7 Å². The van der Waals surface area contributed by atoms with Gasteiger partial charge in [0.25, 0.3) is 0 Å². The van der Waals surface area contributed by atoms with Crippen molar-refractivity contribution in [2.24, 2.45) is 0 Å². The van der Waals surface area contributed by atoms with Crippen LogP contribution < -0.4 is 4.74 Å². The van der Waals surface area contributed by atoms with Crippen LogP contribution in [0.15, 0.2) is 24.3 Å². The molecule has 0 N–H and O–H groups in total. The van der Waals surface area contributed by atoms with E-state index in [9.17, 15) is 22.0 Å². The summed E-state index contributed by atoms with van der Waals surface area (Å²) < 4.78 is 71.0. The molecule has 0 aliphatic heterocycles. The summed E-state index contributed by atoms with van der Waals surface area (Å²) in [5, 5.41) is 0. The molecule has 0 fully saturated rings. The molecule has 2 nitrogen and oxygen atoms in total. The molecule has 0 bridgehead atoms. The zero-order valence-electron chi connectivity index (χ0n) is 12.6. The van der Waals surface area contributed by atoms with Gasteiger partial charge in [0.05, 0.1) is 0 Å². The van der Waals surface area contributed by atoms with Gasteiger partial charge in [-0.1, -0.05) is 26.0 Å². The van der Waals surface area contributed by atoms with Crippen molar-refractivity contribution in [3.05, 3.63) is 29.8 Å². The molecule has 2 atom stereocenters.